The van der Waals surface area contributed by atoms with E-state index >= 15 is 0 Å². The van der Waals surface area contributed by atoms with Gasteiger partial charge in [-0.25, -0.2) is 4.90 Å². The molecule has 0 radical (unpaired) electrons. The molecule has 0 saturated carbocycles. The number of carbonyl (C=O) groups excluding carboxylic acids is 2. The number of benzene rings is 3. The van der Waals surface area contributed by atoms with E-state index in [0.717, 1.165) is 28.1 Å². The van der Waals surface area contributed by atoms with Gasteiger partial charge in [-0.2, -0.15) is 0 Å². The number of halogens is 1. The number of carbonyl (C=O) groups is 2. The molecule has 0 N–H and O–H groups in total. The molecule has 0 bridgehead atoms. The molecule has 1 saturated heterocycles. The van der Waals surface area contributed by atoms with Crippen molar-refractivity contribution in [2.45, 2.75) is 11.7 Å². The summed E-state index contributed by atoms with van der Waals surface area (Å²) in [5.41, 5.74) is 1.35. The van der Waals surface area contributed by atoms with Crippen LogP contribution in [0.5, 0.6) is 11.5 Å². The SMILES string of the molecule is COc1ccc2ccc(OC)c(C[C@@H]3SC(=O)N(c4cccc(Cl)c4)C3=O)c2c1. The average molecular weight is 428 g/mol. The molecule has 3 aromatic rings. The van der Waals surface area contributed by atoms with Crippen molar-refractivity contribution < 1.29 is 19.1 Å². The lowest BCUT2D eigenvalue weighted by atomic mass is 9.98. The minimum atomic E-state index is -0.549. The summed E-state index contributed by atoms with van der Waals surface area (Å²) in [6, 6.07) is 16.4. The Morgan fingerprint density at radius 3 is 2.55 bits per heavy atom. The Bertz CT molecular complexity index is 1110. The van der Waals surface area contributed by atoms with Crippen molar-refractivity contribution >= 4 is 51.0 Å². The van der Waals surface area contributed by atoms with Gasteiger partial charge in [-0.3, -0.25) is 9.59 Å². The molecular weight excluding hydrogens is 410 g/mol. The third kappa shape index (κ3) is 3.66. The van der Waals surface area contributed by atoms with E-state index in [1.807, 2.05) is 30.3 Å². The molecule has 5 nitrogen and oxygen atoms in total. The molecule has 4 rings (SSSR count). The van der Waals surface area contributed by atoms with E-state index in [0.29, 0.717) is 28.6 Å². The lowest BCUT2D eigenvalue weighted by molar-refractivity contribution is -0.117. The van der Waals surface area contributed by atoms with Crippen LogP contribution in [0.4, 0.5) is 10.5 Å². The highest BCUT2D eigenvalue weighted by Gasteiger charge is 2.41. The molecule has 7 heteroatoms. The molecular formula is C22H18ClNO4S. The van der Waals surface area contributed by atoms with Gasteiger partial charge in [-0.15, -0.1) is 0 Å². The van der Waals surface area contributed by atoms with Gasteiger partial charge in [-0.1, -0.05) is 41.6 Å². The number of nitrogens with zero attached hydrogens (tertiary/aromatic N) is 1. The van der Waals surface area contributed by atoms with Gasteiger partial charge in [0, 0.05) is 10.6 Å². The summed E-state index contributed by atoms with van der Waals surface area (Å²) >= 11 is 7.06. The van der Waals surface area contributed by atoms with Gasteiger partial charge in [0.05, 0.1) is 25.2 Å². The molecule has 148 valence electrons. The van der Waals surface area contributed by atoms with Crippen LogP contribution in [0.15, 0.2) is 54.6 Å². The summed E-state index contributed by atoms with van der Waals surface area (Å²) < 4.78 is 10.9. The molecule has 0 spiro atoms. The number of fused-ring (bicyclic) bond motifs is 1. The molecule has 3 aromatic carbocycles. The lowest BCUT2D eigenvalue weighted by Crippen LogP contribution is -2.32. The first-order valence-electron chi connectivity index (χ1n) is 8.95. The normalized spacial score (nSPS) is 16.5. The van der Waals surface area contributed by atoms with Crippen molar-refractivity contribution in [3.8, 4) is 11.5 Å². The number of imide groups is 1. The van der Waals surface area contributed by atoms with Gasteiger partial charge < -0.3 is 9.47 Å². The summed E-state index contributed by atoms with van der Waals surface area (Å²) in [5, 5.41) is 1.56. The van der Waals surface area contributed by atoms with Gasteiger partial charge in [-0.05, 0) is 53.6 Å². The highest BCUT2D eigenvalue weighted by Crippen LogP contribution is 2.38. The first kappa shape index (κ1) is 19.6. The second kappa shape index (κ2) is 7.97. The first-order chi connectivity index (χ1) is 14.0. The summed E-state index contributed by atoms with van der Waals surface area (Å²) in [4.78, 5) is 26.8. The van der Waals surface area contributed by atoms with Crippen LogP contribution in [-0.4, -0.2) is 30.6 Å². The van der Waals surface area contributed by atoms with E-state index in [4.69, 9.17) is 21.1 Å². The van der Waals surface area contributed by atoms with E-state index in [1.54, 1.807) is 38.5 Å². The Morgan fingerprint density at radius 1 is 1.03 bits per heavy atom. The van der Waals surface area contributed by atoms with Gasteiger partial charge >= 0.3 is 0 Å². The van der Waals surface area contributed by atoms with Crippen molar-refractivity contribution in [3.05, 3.63) is 65.2 Å². The first-order valence-corrected chi connectivity index (χ1v) is 10.2. The van der Waals surface area contributed by atoms with Crippen LogP contribution in [0.2, 0.25) is 5.02 Å². The summed E-state index contributed by atoms with van der Waals surface area (Å²) in [6.45, 7) is 0. The van der Waals surface area contributed by atoms with Gasteiger partial charge in [0.2, 0.25) is 5.91 Å². The minimum absolute atomic E-state index is 0.260. The van der Waals surface area contributed by atoms with Crippen molar-refractivity contribution in [1.29, 1.82) is 0 Å². The van der Waals surface area contributed by atoms with Crippen LogP contribution in [0, 0.1) is 0 Å². The largest absolute Gasteiger partial charge is 0.497 e. The molecule has 2 amide bonds. The van der Waals surface area contributed by atoms with E-state index < -0.39 is 5.25 Å². The van der Waals surface area contributed by atoms with Crippen molar-refractivity contribution in [2.24, 2.45) is 0 Å². The Morgan fingerprint density at radius 2 is 1.83 bits per heavy atom. The van der Waals surface area contributed by atoms with Gasteiger partial charge in [0.15, 0.2) is 0 Å². The monoisotopic (exact) mass is 427 g/mol. The van der Waals surface area contributed by atoms with Crippen molar-refractivity contribution in [1.82, 2.24) is 0 Å². The highest BCUT2D eigenvalue weighted by molar-refractivity contribution is 8.15. The number of amides is 2. The second-order valence-electron chi connectivity index (χ2n) is 6.56. The van der Waals surface area contributed by atoms with Gasteiger partial charge in [0.1, 0.15) is 11.5 Å². The fourth-order valence-electron chi connectivity index (χ4n) is 3.49. The molecule has 1 fully saturated rings. The number of thioether (sulfide) groups is 1. The van der Waals surface area contributed by atoms with Crippen LogP contribution in [0.25, 0.3) is 10.8 Å². The number of ether oxygens (including phenoxy) is 2. The predicted molar refractivity (Wildman–Crippen MR) is 116 cm³/mol. The third-order valence-electron chi connectivity index (χ3n) is 4.89. The van der Waals surface area contributed by atoms with Crippen LogP contribution in [0.1, 0.15) is 5.56 Å². The zero-order chi connectivity index (χ0) is 20.5. The topological polar surface area (TPSA) is 55.8 Å². The molecule has 0 unspecified atom stereocenters. The quantitative estimate of drug-likeness (QED) is 0.551. The molecule has 1 atom stereocenters. The smallest absolute Gasteiger partial charge is 0.293 e. The van der Waals surface area contributed by atoms with Crippen LogP contribution >= 0.6 is 23.4 Å². The van der Waals surface area contributed by atoms with Crippen LogP contribution in [0.3, 0.4) is 0 Å². The molecule has 0 aromatic heterocycles. The standard InChI is InChI=1S/C22H18ClNO4S/c1-27-16-8-6-13-7-9-19(28-2)18(17(13)11-16)12-20-21(25)24(22(26)29-20)15-5-3-4-14(23)10-15/h3-11,20H,12H2,1-2H3/t20-/m0/s1. The highest BCUT2D eigenvalue weighted by atomic mass is 35.5. The maximum Gasteiger partial charge on any atom is 0.293 e. The maximum absolute atomic E-state index is 13.1. The maximum atomic E-state index is 13.1. The van der Waals surface area contributed by atoms with Gasteiger partial charge in [0.25, 0.3) is 5.24 Å². The van der Waals surface area contributed by atoms with Crippen LogP contribution < -0.4 is 14.4 Å². The molecule has 1 aliphatic rings. The number of anilines is 1. The number of hydrogen-bond donors (Lipinski definition) is 0. The van der Waals surface area contributed by atoms with E-state index in [-0.39, 0.29) is 11.1 Å². The van der Waals surface area contributed by atoms with Crippen molar-refractivity contribution in [2.75, 3.05) is 19.1 Å². The van der Waals surface area contributed by atoms with Crippen LogP contribution in [-0.2, 0) is 11.2 Å². The zero-order valence-electron chi connectivity index (χ0n) is 15.8. The van der Waals surface area contributed by atoms with E-state index in [2.05, 4.69) is 0 Å². The average Bonchev–Trinajstić information content (AvgIpc) is 3.00. The fraction of sp³-hybridized carbons (Fsp3) is 0.182. The third-order valence-corrected chi connectivity index (χ3v) is 6.17. The van der Waals surface area contributed by atoms with Crippen molar-refractivity contribution in [3.63, 3.8) is 0 Å². The zero-order valence-corrected chi connectivity index (χ0v) is 17.4. The van der Waals surface area contributed by atoms with E-state index in [9.17, 15) is 9.59 Å². The second-order valence-corrected chi connectivity index (χ2v) is 8.15. The Hall–Kier alpha value is -2.70. The number of methoxy groups -OCH3 is 2. The summed E-state index contributed by atoms with van der Waals surface area (Å²) in [5.74, 6) is 1.13. The molecule has 1 heterocycles. The Labute approximate surface area is 177 Å². The predicted octanol–water partition coefficient (Wildman–Crippen LogP) is 5.32. The molecule has 1 aliphatic heterocycles. The Balaban J connectivity index is 1.71. The lowest BCUT2D eigenvalue weighted by Gasteiger charge is -2.16. The molecule has 29 heavy (non-hydrogen) atoms. The molecule has 0 aliphatic carbocycles. The number of rotatable bonds is 5. The summed E-state index contributed by atoms with van der Waals surface area (Å²) in [6.07, 6.45) is 0.361. The fourth-order valence-corrected chi connectivity index (χ4v) is 4.68. The number of hydrogen-bond acceptors (Lipinski definition) is 5. The Kier molecular flexibility index (Phi) is 5.39. The minimum Gasteiger partial charge on any atom is -0.497 e. The summed E-state index contributed by atoms with van der Waals surface area (Å²) in [7, 11) is 3.21. The van der Waals surface area contributed by atoms with E-state index in [1.165, 1.54) is 4.90 Å².